The summed E-state index contributed by atoms with van der Waals surface area (Å²) in [6.07, 6.45) is 2.16. The number of hydrogen-bond acceptors (Lipinski definition) is 2. The molecule has 0 radical (unpaired) electrons. The molecular formula is C13H10Cl2O2. The normalized spacial score (nSPS) is 10.5. The van der Waals surface area contributed by atoms with Crippen LogP contribution < -0.4 is 0 Å². The van der Waals surface area contributed by atoms with Crippen LogP contribution in [0.2, 0.25) is 10.0 Å². The first-order valence-corrected chi connectivity index (χ1v) is 5.95. The number of carbonyl (C=O) groups excluding carboxylic acids is 1. The predicted molar refractivity (Wildman–Crippen MR) is 68.0 cm³/mol. The lowest BCUT2D eigenvalue weighted by atomic mass is 10.0. The maximum absolute atomic E-state index is 12.3. The van der Waals surface area contributed by atoms with E-state index in [1.54, 1.807) is 24.3 Å². The van der Waals surface area contributed by atoms with Gasteiger partial charge in [-0.05, 0) is 24.3 Å². The average Bonchev–Trinajstić information content (AvgIpc) is 2.79. The lowest BCUT2D eigenvalue weighted by Crippen LogP contribution is -2.03. The van der Waals surface area contributed by atoms with E-state index in [1.165, 1.54) is 6.26 Å². The maximum atomic E-state index is 12.3. The molecule has 0 N–H and O–H groups in total. The topological polar surface area (TPSA) is 30.2 Å². The van der Waals surface area contributed by atoms with Gasteiger partial charge in [0.2, 0.25) is 0 Å². The highest BCUT2D eigenvalue weighted by molar-refractivity contribution is 6.36. The van der Waals surface area contributed by atoms with E-state index >= 15 is 0 Å². The fraction of sp³-hybridized carbons (Fsp3) is 0.154. The molecule has 1 aromatic carbocycles. The Kier molecular flexibility index (Phi) is 3.55. The Hall–Kier alpha value is -1.25. The number of carbonyl (C=O) groups is 1. The number of hydrogen-bond donors (Lipinski definition) is 0. The summed E-state index contributed by atoms with van der Waals surface area (Å²) in [7, 11) is 0. The Bertz CT molecular complexity index is 558. The Labute approximate surface area is 109 Å². The second-order valence-corrected chi connectivity index (χ2v) is 4.41. The maximum Gasteiger partial charge on any atom is 0.198 e. The molecule has 17 heavy (non-hydrogen) atoms. The first-order valence-electron chi connectivity index (χ1n) is 5.19. The van der Waals surface area contributed by atoms with Gasteiger partial charge in [-0.25, -0.2) is 0 Å². The van der Waals surface area contributed by atoms with Gasteiger partial charge in [-0.2, -0.15) is 0 Å². The first kappa shape index (κ1) is 12.2. The predicted octanol–water partition coefficient (Wildman–Crippen LogP) is 4.38. The highest BCUT2D eigenvalue weighted by Gasteiger charge is 2.18. The molecule has 0 amide bonds. The SMILES string of the molecule is CCc1occc1C(=O)c1cc(Cl)ccc1Cl. The molecule has 0 aliphatic carbocycles. The summed E-state index contributed by atoms with van der Waals surface area (Å²) in [5.41, 5.74) is 0.937. The number of furan rings is 1. The van der Waals surface area contributed by atoms with E-state index in [-0.39, 0.29) is 5.78 Å². The minimum absolute atomic E-state index is 0.164. The van der Waals surface area contributed by atoms with Gasteiger partial charge < -0.3 is 4.42 Å². The summed E-state index contributed by atoms with van der Waals surface area (Å²) in [4.78, 5) is 12.3. The lowest BCUT2D eigenvalue weighted by Gasteiger charge is -2.03. The second kappa shape index (κ2) is 4.94. The van der Waals surface area contributed by atoms with Crippen LogP contribution in [0.3, 0.4) is 0 Å². The van der Waals surface area contributed by atoms with Crippen molar-refractivity contribution in [1.29, 1.82) is 0 Å². The minimum atomic E-state index is -0.164. The van der Waals surface area contributed by atoms with Crippen molar-refractivity contribution in [2.45, 2.75) is 13.3 Å². The number of ketones is 1. The summed E-state index contributed by atoms with van der Waals surface area (Å²) in [5, 5.41) is 0.877. The van der Waals surface area contributed by atoms with Crippen LogP contribution in [-0.2, 0) is 6.42 Å². The molecule has 88 valence electrons. The molecular weight excluding hydrogens is 259 g/mol. The van der Waals surface area contributed by atoms with E-state index in [2.05, 4.69) is 0 Å². The van der Waals surface area contributed by atoms with Crippen LogP contribution in [0, 0.1) is 0 Å². The molecule has 0 spiro atoms. The van der Waals surface area contributed by atoms with Gasteiger partial charge in [0.1, 0.15) is 5.76 Å². The largest absolute Gasteiger partial charge is 0.469 e. The molecule has 0 saturated heterocycles. The number of rotatable bonds is 3. The van der Waals surface area contributed by atoms with Crippen molar-refractivity contribution in [3.63, 3.8) is 0 Å². The monoisotopic (exact) mass is 268 g/mol. The summed E-state index contributed by atoms with van der Waals surface area (Å²) >= 11 is 11.9. The average molecular weight is 269 g/mol. The lowest BCUT2D eigenvalue weighted by molar-refractivity contribution is 0.103. The fourth-order valence-corrected chi connectivity index (χ4v) is 2.01. The van der Waals surface area contributed by atoms with Crippen molar-refractivity contribution >= 4 is 29.0 Å². The molecule has 2 aromatic rings. The second-order valence-electron chi connectivity index (χ2n) is 3.56. The molecule has 0 atom stereocenters. The van der Waals surface area contributed by atoms with E-state index < -0.39 is 0 Å². The molecule has 0 aliphatic rings. The van der Waals surface area contributed by atoms with Gasteiger partial charge >= 0.3 is 0 Å². The van der Waals surface area contributed by atoms with Crippen molar-refractivity contribution in [2.24, 2.45) is 0 Å². The fourth-order valence-electron chi connectivity index (χ4n) is 1.63. The van der Waals surface area contributed by atoms with Crippen molar-refractivity contribution in [3.05, 3.63) is 57.5 Å². The quantitative estimate of drug-likeness (QED) is 0.774. The Balaban J connectivity index is 2.47. The van der Waals surface area contributed by atoms with E-state index in [0.29, 0.717) is 33.4 Å². The highest BCUT2D eigenvalue weighted by Crippen LogP contribution is 2.25. The Morgan fingerprint density at radius 2 is 2.00 bits per heavy atom. The van der Waals surface area contributed by atoms with Crippen LogP contribution in [0.25, 0.3) is 0 Å². The van der Waals surface area contributed by atoms with Crippen LogP contribution in [0.15, 0.2) is 34.9 Å². The van der Waals surface area contributed by atoms with Gasteiger partial charge in [-0.3, -0.25) is 4.79 Å². The summed E-state index contributed by atoms with van der Waals surface area (Å²) in [5.74, 6) is 0.495. The van der Waals surface area contributed by atoms with Crippen LogP contribution in [0.1, 0.15) is 28.6 Å². The molecule has 0 aliphatic heterocycles. The van der Waals surface area contributed by atoms with Crippen molar-refractivity contribution in [1.82, 2.24) is 0 Å². The van der Waals surface area contributed by atoms with Crippen molar-refractivity contribution in [3.8, 4) is 0 Å². The molecule has 0 fully saturated rings. The van der Waals surface area contributed by atoms with Gasteiger partial charge in [0.15, 0.2) is 5.78 Å². The number of aryl methyl sites for hydroxylation is 1. The van der Waals surface area contributed by atoms with Crippen LogP contribution >= 0.6 is 23.2 Å². The zero-order valence-corrected chi connectivity index (χ0v) is 10.7. The molecule has 0 bridgehead atoms. The van der Waals surface area contributed by atoms with Crippen LogP contribution in [0.5, 0.6) is 0 Å². The Morgan fingerprint density at radius 3 is 2.71 bits per heavy atom. The van der Waals surface area contributed by atoms with E-state index in [9.17, 15) is 4.79 Å². The molecule has 1 aromatic heterocycles. The van der Waals surface area contributed by atoms with Gasteiger partial charge in [0.25, 0.3) is 0 Å². The van der Waals surface area contributed by atoms with Crippen LogP contribution in [-0.4, -0.2) is 5.78 Å². The minimum Gasteiger partial charge on any atom is -0.469 e. The smallest absolute Gasteiger partial charge is 0.198 e. The third kappa shape index (κ3) is 2.38. The van der Waals surface area contributed by atoms with Gasteiger partial charge in [0, 0.05) is 17.0 Å². The molecule has 2 rings (SSSR count). The summed E-state index contributed by atoms with van der Waals surface area (Å²) in [6.45, 7) is 1.93. The van der Waals surface area contributed by atoms with Crippen molar-refractivity contribution in [2.75, 3.05) is 0 Å². The van der Waals surface area contributed by atoms with Gasteiger partial charge in [0.05, 0.1) is 16.8 Å². The molecule has 0 unspecified atom stereocenters. The first-order chi connectivity index (χ1) is 8.13. The van der Waals surface area contributed by atoms with Gasteiger partial charge in [-0.15, -0.1) is 0 Å². The van der Waals surface area contributed by atoms with Crippen molar-refractivity contribution < 1.29 is 9.21 Å². The third-order valence-electron chi connectivity index (χ3n) is 2.48. The standard InChI is InChI=1S/C13H10Cl2O2/c1-2-12-9(5-6-17-12)13(16)10-7-8(14)3-4-11(10)15/h3-7H,2H2,1H3. The zero-order valence-electron chi connectivity index (χ0n) is 9.17. The number of halogens is 2. The van der Waals surface area contributed by atoms with Crippen LogP contribution in [0.4, 0.5) is 0 Å². The molecule has 1 heterocycles. The molecule has 0 saturated carbocycles. The van der Waals surface area contributed by atoms with Gasteiger partial charge in [-0.1, -0.05) is 30.1 Å². The third-order valence-corrected chi connectivity index (χ3v) is 3.05. The summed E-state index contributed by atoms with van der Waals surface area (Å²) < 4.78 is 5.23. The van der Waals surface area contributed by atoms with E-state index in [4.69, 9.17) is 27.6 Å². The van der Waals surface area contributed by atoms with E-state index in [0.717, 1.165) is 0 Å². The zero-order chi connectivity index (χ0) is 12.4. The molecule has 2 nitrogen and oxygen atoms in total. The highest BCUT2D eigenvalue weighted by atomic mass is 35.5. The Morgan fingerprint density at radius 1 is 1.24 bits per heavy atom. The number of benzene rings is 1. The molecule has 4 heteroatoms. The summed E-state index contributed by atoms with van der Waals surface area (Å²) in [6, 6.07) is 6.48. The van der Waals surface area contributed by atoms with E-state index in [1.807, 2.05) is 6.92 Å².